The Morgan fingerprint density at radius 1 is 1.45 bits per heavy atom. The molecule has 1 aromatic carbocycles. The summed E-state index contributed by atoms with van der Waals surface area (Å²) in [4.78, 5) is 26.3. The number of carboxylic acid groups (broad SMARTS) is 1. The Hall–Kier alpha value is -0.850. The van der Waals surface area contributed by atoms with Crippen LogP contribution in [-0.2, 0) is 9.59 Å². The smallest absolute Gasteiger partial charge is 0.305 e. The molecule has 1 aromatic rings. The molecule has 0 spiro atoms. The maximum atomic E-state index is 12.6. The van der Waals surface area contributed by atoms with Gasteiger partial charge in [-0.1, -0.05) is 11.6 Å². The maximum Gasteiger partial charge on any atom is 0.305 e. The summed E-state index contributed by atoms with van der Waals surface area (Å²) in [6.45, 7) is 2.48. The van der Waals surface area contributed by atoms with Crippen molar-refractivity contribution in [2.75, 3.05) is 18.1 Å². The van der Waals surface area contributed by atoms with Crippen molar-refractivity contribution < 1.29 is 14.7 Å². The Kier molecular flexibility index (Phi) is 6.47. The Bertz CT molecular complexity index is 538. The van der Waals surface area contributed by atoms with Crippen molar-refractivity contribution in [2.24, 2.45) is 0 Å². The fourth-order valence-electron chi connectivity index (χ4n) is 2.32. The highest BCUT2D eigenvalue weighted by Gasteiger charge is 2.31. The largest absolute Gasteiger partial charge is 0.481 e. The molecule has 0 aliphatic carbocycles. The lowest BCUT2D eigenvalue weighted by Gasteiger charge is -2.36. The molecule has 2 unspecified atom stereocenters. The molecule has 1 aliphatic heterocycles. The van der Waals surface area contributed by atoms with Gasteiger partial charge in [-0.05, 0) is 31.2 Å². The van der Waals surface area contributed by atoms with Crippen molar-refractivity contribution in [2.45, 2.75) is 29.5 Å². The van der Waals surface area contributed by atoms with Gasteiger partial charge in [0.1, 0.15) is 0 Å². The molecular weight excluding hydrogens is 342 g/mol. The van der Waals surface area contributed by atoms with E-state index in [0.717, 1.165) is 10.6 Å². The predicted molar refractivity (Wildman–Crippen MR) is 91.8 cm³/mol. The topological polar surface area (TPSA) is 57.6 Å². The molecule has 2 rings (SSSR count). The highest BCUT2D eigenvalue weighted by molar-refractivity contribution is 8.00. The molecule has 1 amide bonds. The summed E-state index contributed by atoms with van der Waals surface area (Å²) in [7, 11) is 0. The molecule has 0 radical (unpaired) electrons. The van der Waals surface area contributed by atoms with Gasteiger partial charge in [-0.25, -0.2) is 0 Å². The third kappa shape index (κ3) is 4.83. The van der Waals surface area contributed by atoms with Gasteiger partial charge in [0.05, 0.1) is 17.7 Å². The van der Waals surface area contributed by atoms with Crippen LogP contribution >= 0.6 is 35.1 Å². The van der Waals surface area contributed by atoms with Crippen LogP contribution in [0.2, 0.25) is 5.02 Å². The Balaban J connectivity index is 2.01. The molecule has 120 valence electrons. The van der Waals surface area contributed by atoms with E-state index in [1.807, 2.05) is 19.1 Å². The molecule has 1 heterocycles. The number of benzene rings is 1. The molecule has 7 heteroatoms. The minimum Gasteiger partial charge on any atom is -0.481 e. The fourth-order valence-corrected chi connectivity index (χ4v) is 4.44. The molecule has 0 bridgehead atoms. The average molecular weight is 360 g/mol. The first-order valence-corrected chi connectivity index (χ1v) is 9.41. The van der Waals surface area contributed by atoms with Gasteiger partial charge < -0.3 is 10.0 Å². The van der Waals surface area contributed by atoms with Crippen LogP contribution in [0.5, 0.6) is 0 Å². The van der Waals surface area contributed by atoms with Gasteiger partial charge in [-0.2, -0.15) is 11.8 Å². The zero-order chi connectivity index (χ0) is 16.1. The van der Waals surface area contributed by atoms with Gasteiger partial charge in [0.25, 0.3) is 0 Å². The highest BCUT2D eigenvalue weighted by Crippen LogP contribution is 2.28. The lowest BCUT2D eigenvalue weighted by atomic mass is 10.2. The minimum atomic E-state index is -0.858. The zero-order valence-corrected chi connectivity index (χ0v) is 14.6. The molecule has 4 nitrogen and oxygen atoms in total. The third-order valence-electron chi connectivity index (χ3n) is 3.40. The number of carboxylic acids is 1. The Morgan fingerprint density at radius 3 is 2.77 bits per heavy atom. The molecule has 0 saturated carbocycles. The molecule has 2 atom stereocenters. The predicted octanol–water partition coefficient (Wildman–Crippen LogP) is 3.24. The number of thioether (sulfide) groups is 2. The molecule has 1 saturated heterocycles. The Morgan fingerprint density at radius 2 is 2.14 bits per heavy atom. The van der Waals surface area contributed by atoms with Crippen LogP contribution in [0.3, 0.4) is 0 Å². The second-order valence-electron chi connectivity index (χ2n) is 5.07. The number of nitrogens with zero attached hydrogens (tertiary/aromatic N) is 1. The van der Waals surface area contributed by atoms with Gasteiger partial charge in [0.15, 0.2) is 0 Å². The maximum absolute atomic E-state index is 12.6. The van der Waals surface area contributed by atoms with Gasteiger partial charge in [0.2, 0.25) is 5.91 Å². The van der Waals surface area contributed by atoms with Crippen molar-refractivity contribution in [3.8, 4) is 0 Å². The summed E-state index contributed by atoms with van der Waals surface area (Å²) in [5, 5.41) is 9.42. The highest BCUT2D eigenvalue weighted by atomic mass is 35.5. The second-order valence-corrected chi connectivity index (χ2v) is 8.07. The standard InChI is InChI=1S/C15H18ClNO3S2/c1-10(22-13-4-2-11(16)3-5-13)15(20)17-6-7-21-9-12(17)8-14(18)19/h2-5,10,12H,6-9H2,1H3,(H,18,19). The van der Waals surface area contributed by atoms with E-state index < -0.39 is 5.97 Å². The number of halogens is 1. The summed E-state index contributed by atoms with van der Waals surface area (Å²) in [5.74, 6) is 0.700. The van der Waals surface area contributed by atoms with Crippen molar-refractivity contribution >= 4 is 47.0 Å². The van der Waals surface area contributed by atoms with Crippen LogP contribution in [-0.4, -0.2) is 51.2 Å². The van der Waals surface area contributed by atoms with Crippen LogP contribution in [0.4, 0.5) is 0 Å². The number of carbonyl (C=O) groups is 2. The molecule has 1 fully saturated rings. The summed E-state index contributed by atoms with van der Waals surface area (Å²) in [5.41, 5.74) is 0. The van der Waals surface area contributed by atoms with E-state index in [9.17, 15) is 9.59 Å². The normalized spacial score (nSPS) is 19.7. The first-order chi connectivity index (χ1) is 10.5. The third-order valence-corrected chi connectivity index (χ3v) is 5.84. The summed E-state index contributed by atoms with van der Waals surface area (Å²) in [6.07, 6.45) is 0.0110. The number of hydrogen-bond acceptors (Lipinski definition) is 4. The number of aliphatic carboxylic acids is 1. The van der Waals surface area contributed by atoms with E-state index in [0.29, 0.717) is 17.3 Å². The van der Waals surface area contributed by atoms with E-state index in [1.54, 1.807) is 28.8 Å². The van der Waals surface area contributed by atoms with Crippen molar-refractivity contribution in [3.63, 3.8) is 0 Å². The van der Waals surface area contributed by atoms with Crippen molar-refractivity contribution in [1.29, 1.82) is 0 Å². The van der Waals surface area contributed by atoms with E-state index in [2.05, 4.69) is 0 Å². The quantitative estimate of drug-likeness (QED) is 0.818. The summed E-state index contributed by atoms with van der Waals surface area (Å²) in [6, 6.07) is 7.16. The molecule has 0 aromatic heterocycles. The van der Waals surface area contributed by atoms with E-state index in [-0.39, 0.29) is 23.6 Å². The Labute approximate surface area is 143 Å². The van der Waals surface area contributed by atoms with E-state index >= 15 is 0 Å². The van der Waals surface area contributed by atoms with Crippen molar-refractivity contribution in [3.05, 3.63) is 29.3 Å². The minimum absolute atomic E-state index is 0.00602. The van der Waals surface area contributed by atoms with Gasteiger partial charge >= 0.3 is 5.97 Å². The molecule has 1 N–H and O–H groups in total. The van der Waals surface area contributed by atoms with Crippen LogP contribution in [0.1, 0.15) is 13.3 Å². The van der Waals surface area contributed by atoms with Crippen molar-refractivity contribution in [1.82, 2.24) is 4.90 Å². The monoisotopic (exact) mass is 359 g/mol. The molecule has 22 heavy (non-hydrogen) atoms. The number of carbonyl (C=O) groups excluding carboxylic acids is 1. The average Bonchev–Trinajstić information content (AvgIpc) is 2.49. The lowest BCUT2D eigenvalue weighted by Crippen LogP contribution is -2.49. The van der Waals surface area contributed by atoms with Gasteiger partial charge in [-0.15, -0.1) is 11.8 Å². The van der Waals surface area contributed by atoms with Crippen LogP contribution in [0.15, 0.2) is 29.2 Å². The van der Waals surface area contributed by atoms with E-state index in [1.165, 1.54) is 11.8 Å². The van der Waals surface area contributed by atoms with Gasteiger partial charge in [-0.3, -0.25) is 9.59 Å². The van der Waals surface area contributed by atoms with Crippen LogP contribution < -0.4 is 0 Å². The molecule has 1 aliphatic rings. The fraction of sp³-hybridized carbons (Fsp3) is 0.467. The zero-order valence-electron chi connectivity index (χ0n) is 12.2. The summed E-state index contributed by atoms with van der Waals surface area (Å²) < 4.78 is 0. The molecular formula is C15H18ClNO3S2. The second kappa shape index (κ2) is 8.13. The number of hydrogen-bond donors (Lipinski definition) is 1. The van der Waals surface area contributed by atoms with E-state index in [4.69, 9.17) is 16.7 Å². The first-order valence-electron chi connectivity index (χ1n) is 6.99. The summed E-state index contributed by atoms with van der Waals surface area (Å²) >= 11 is 9.03. The first kappa shape index (κ1) is 17.5. The van der Waals surface area contributed by atoms with Gasteiger partial charge in [0, 0.05) is 28.0 Å². The lowest BCUT2D eigenvalue weighted by molar-refractivity contribution is -0.140. The SMILES string of the molecule is CC(Sc1ccc(Cl)cc1)C(=O)N1CCSCC1CC(=O)O. The number of rotatable bonds is 5. The van der Waals surface area contributed by atoms with Crippen LogP contribution in [0.25, 0.3) is 0 Å². The number of amides is 1. The van der Waals surface area contributed by atoms with Crippen LogP contribution in [0, 0.1) is 0 Å².